The fraction of sp³-hybridized carbons (Fsp3) is 0.524. The van der Waals surface area contributed by atoms with E-state index in [1.165, 1.54) is 5.56 Å². The zero-order chi connectivity index (χ0) is 18.6. The molecular weight excluding hydrogens is 340 g/mol. The zero-order valence-electron chi connectivity index (χ0n) is 15.7. The second-order valence-corrected chi connectivity index (χ2v) is 7.54. The fourth-order valence-corrected chi connectivity index (χ4v) is 4.34. The van der Waals surface area contributed by atoms with E-state index in [4.69, 9.17) is 10.5 Å². The van der Waals surface area contributed by atoms with Crippen LogP contribution in [0.4, 0.5) is 0 Å². The predicted molar refractivity (Wildman–Crippen MR) is 103 cm³/mol. The zero-order valence-corrected chi connectivity index (χ0v) is 15.7. The molecule has 2 N–H and O–H groups in total. The monoisotopic (exact) mass is 368 g/mol. The Balaban J connectivity index is 1.54. The number of benzene rings is 1. The molecule has 1 aromatic carbocycles. The number of hydrogen-bond donors (Lipinski definition) is 1. The maximum absolute atomic E-state index is 13.3. The Bertz CT molecular complexity index is 750. The van der Waals surface area contributed by atoms with Gasteiger partial charge in [0.1, 0.15) is 0 Å². The van der Waals surface area contributed by atoms with Crippen LogP contribution in [0.2, 0.25) is 0 Å². The molecule has 144 valence electrons. The second kappa shape index (κ2) is 8.23. The number of carbonyl (C=O) groups is 1. The van der Waals surface area contributed by atoms with Crippen molar-refractivity contribution < 1.29 is 9.53 Å². The van der Waals surface area contributed by atoms with Crippen molar-refractivity contribution in [3.05, 3.63) is 53.3 Å². The normalized spacial score (nSPS) is 20.9. The molecule has 4 rings (SSSR count). The summed E-state index contributed by atoms with van der Waals surface area (Å²) in [4.78, 5) is 15.3. The molecule has 1 fully saturated rings. The van der Waals surface area contributed by atoms with Gasteiger partial charge in [-0.3, -0.25) is 9.48 Å². The van der Waals surface area contributed by atoms with Crippen molar-refractivity contribution in [2.24, 2.45) is 11.7 Å². The largest absolute Gasteiger partial charge is 0.373 e. The summed E-state index contributed by atoms with van der Waals surface area (Å²) < 4.78 is 7.38. The molecule has 0 bridgehead atoms. The molecular formula is C21H28N4O2. The van der Waals surface area contributed by atoms with Gasteiger partial charge in [-0.05, 0) is 49.8 Å². The third-order valence-corrected chi connectivity index (χ3v) is 5.78. The third kappa shape index (κ3) is 3.92. The smallest absolute Gasteiger partial charge is 0.274 e. The number of fused-ring (bicyclic) bond motifs is 1. The minimum Gasteiger partial charge on any atom is -0.373 e. The van der Waals surface area contributed by atoms with Crippen LogP contribution >= 0.6 is 0 Å². The molecule has 27 heavy (non-hydrogen) atoms. The van der Waals surface area contributed by atoms with Crippen molar-refractivity contribution in [1.29, 1.82) is 0 Å². The molecule has 0 saturated carbocycles. The Labute approximate surface area is 160 Å². The molecule has 1 saturated heterocycles. The highest BCUT2D eigenvalue weighted by molar-refractivity contribution is 5.92. The number of rotatable bonds is 5. The number of carbonyl (C=O) groups excluding carboxylic acids is 1. The topological polar surface area (TPSA) is 73.4 Å². The van der Waals surface area contributed by atoms with Crippen molar-refractivity contribution in [3.63, 3.8) is 0 Å². The van der Waals surface area contributed by atoms with E-state index in [9.17, 15) is 4.79 Å². The first-order valence-electron chi connectivity index (χ1n) is 9.95. The standard InChI is InChI=1S/C21H28N4O2/c22-14-17(12-16-6-2-1-3-7-16)20-8-4-5-9-24(20)21(26)19-13-18-15-27-11-10-25(18)23-19/h1-3,6-7,13,17,20H,4-5,8-12,14-15,22H2. The maximum atomic E-state index is 13.3. The van der Waals surface area contributed by atoms with Crippen LogP contribution in [0.3, 0.4) is 0 Å². The molecule has 2 atom stereocenters. The lowest BCUT2D eigenvalue weighted by Crippen LogP contribution is -2.50. The Morgan fingerprint density at radius 2 is 2.11 bits per heavy atom. The van der Waals surface area contributed by atoms with E-state index in [2.05, 4.69) is 29.4 Å². The van der Waals surface area contributed by atoms with Crippen molar-refractivity contribution >= 4 is 5.91 Å². The Morgan fingerprint density at radius 1 is 1.26 bits per heavy atom. The van der Waals surface area contributed by atoms with Crippen molar-refractivity contribution in [2.45, 2.75) is 44.9 Å². The molecule has 6 nitrogen and oxygen atoms in total. The SMILES string of the molecule is NCC(Cc1ccccc1)C1CCCCN1C(=O)c1cc2n(n1)CCOC2. The van der Waals surface area contributed by atoms with Gasteiger partial charge in [0, 0.05) is 12.6 Å². The lowest BCUT2D eigenvalue weighted by Gasteiger charge is -2.40. The van der Waals surface area contributed by atoms with Crippen LogP contribution in [-0.4, -0.2) is 46.3 Å². The molecule has 3 heterocycles. The average Bonchev–Trinajstić information content (AvgIpc) is 3.16. The van der Waals surface area contributed by atoms with Crippen LogP contribution in [0, 0.1) is 5.92 Å². The number of nitrogens with zero attached hydrogens (tertiary/aromatic N) is 3. The first kappa shape index (κ1) is 18.2. The first-order chi connectivity index (χ1) is 13.3. The van der Waals surface area contributed by atoms with Crippen LogP contribution in [0.15, 0.2) is 36.4 Å². The summed E-state index contributed by atoms with van der Waals surface area (Å²) in [5, 5.41) is 4.54. The van der Waals surface area contributed by atoms with E-state index in [-0.39, 0.29) is 17.9 Å². The van der Waals surface area contributed by atoms with Gasteiger partial charge in [-0.25, -0.2) is 0 Å². The molecule has 0 radical (unpaired) electrons. The van der Waals surface area contributed by atoms with E-state index >= 15 is 0 Å². The molecule has 0 spiro atoms. The molecule has 2 aliphatic heterocycles. The van der Waals surface area contributed by atoms with Gasteiger partial charge in [0.25, 0.3) is 5.91 Å². The van der Waals surface area contributed by atoms with Gasteiger partial charge in [0.15, 0.2) is 5.69 Å². The highest BCUT2D eigenvalue weighted by Crippen LogP contribution is 2.27. The van der Waals surface area contributed by atoms with Crippen LogP contribution in [0.25, 0.3) is 0 Å². The molecule has 2 aliphatic rings. The lowest BCUT2D eigenvalue weighted by atomic mass is 9.85. The number of aromatic nitrogens is 2. The first-order valence-corrected chi connectivity index (χ1v) is 9.95. The fourth-order valence-electron chi connectivity index (χ4n) is 4.34. The predicted octanol–water partition coefficient (Wildman–Crippen LogP) is 2.23. The van der Waals surface area contributed by atoms with Crippen molar-refractivity contribution in [3.8, 4) is 0 Å². The van der Waals surface area contributed by atoms with Crippen LogP contribution in [0.1, 0.15) is 41.0 Å². The number of hydrogen-bond acceptors (Lipinski definition) is 4. The molecule has 6 heteroatoms. The molecule has 2 aromatic rings. The highest BCUT2D eigenvalue weighted by Gasteiger charge is 2.34. The van der Waals surface area contributed by atoms with E-state index in [1.807, 2.05) is 21.7 Å². The minimum absolute atomic E-state index is 0.0353. The van der Waals surface area contributed by atoms with Crippen molar-refractivity contribution in [2.75, 3.05) is 19.7 Å². The second-order valence-electron chi connectivity index (χ2n) is 7.54. The molecule has 2 unspecified atom stereocenters. The average molecular weight is 368 g/mol. The van der Waals surface area contributed by atoms with E-state index in [1.54, 1.807) is 0 Å². The molecule has 1 aromatic heterocycles. The summed E-state index contributed by atoms with van der Waals surface area (Å²) in [5.41, 5.74) is 8.96. The van der Waals surface area contributed by atoms with E-state index < -0.39 is 0 Å². The number of likely N-dealkylation sites (tertiary alicyclic amines) is 1. The van der Waals surface area contributed by atoms with Gasteiger partial charge in [0.2, 0.25) is 0 Å². The summed E-state index contributed by atoms with van der Waals surface area (Å²) in [6.07, 6.45) is 4.10. The number of amides is 1. The molecule has 1 amide bonds. The number of nitrogens with two attached hydrogens (primary N) is 1. The minimum atomic E-state index is 0.0353. The van der Waals surface area contributed by atoms with Gasteiger partial charge in [-0.2, -0.15) is 5.10 Å². The summed E-state index contributed by atoms with van der Waals surface area (Å²) >= 11 is 0. The van der Waals surface area contributed by atoms with Crippen molar-refractivity contribution in [1.82, 2.24) is 14.7 Å². The van der Waals surface area contributed by atoms with Crippen LogP contribution in [-0.2, 0) is 24.3 Å². The Hall–Kier alpha value is -2.18. The van der Waals surface area contributed by atoms with Crippen LogP contribution < -0.4 is 5.73 Å². The van der Waals surface area contributed by atoms with Gasteiger partial charge < -0.3 is 15.4 Å². The van der Waals surface area contributed by atoms with Crippen LogP contribution in [0.5, 0.6) is 0 Å². The summed E-state index contributed by atoms with van der Waals surface area (Å²) in [5.74, 6) is 0.297. The van der Waals surface area contributed by atoms with Gasteiger partial charge >= 0.3 is 0 Å². The lowest BCUT2D eigenvalue weighted by molar-refractivity contribution is 0.0511. The Morgan fingerprint density at radius 3 is 2.89 bits per heavy atom. The van der Waals surface area contributed by atoms with Gasteiger partial charge in [0.05, 0.1) is 25.5 Å². The summed E-state index contributed by atoms with van der Waals surface area (Å²) in [6, 6.07) is 12.5. The Kier molecular flexibility index (Phi) is 5.55. The van der Waals surface area contributed by atoms with Gasteiger partial charge in [-0.1, -0.05) is 30.3 Å². The van der Waals surface area contributed by atoms with E-state index in [0.29, 0.717) is 32.0 Å². The third-order valence-electron chi connectivity index (χ3n) is 5.78. The highest BCUT2D eigenvalue weighted by atomic mass is 16.5. The molecule has 0 aliphatic carbocycles. The summed E-state index contributed by atoms with van der Waals surface area (Å²) in [6.45, 7) is 3.26. The summed E-state index contributed by atoms with van der Waals surface area (Å²) in [7, 11) is 0. The maximum Gasteiger partial charge on any atom is 0.274 e. The van der Waals surface area contributed by atoms with E-state index in [0.717, 1.165) is 37.9 Å². The number of ether oxygens (including phenoxy) is 1. The number of piperidine rings is 1. The quantitative estimate of drug-likeness (QED) is 0.878. The van der Waals surface area contributed by atoms with Gasteiger partial charge in [-0.15, -0.1) is 0 Å².